The summed E-state index contributed by atoms with van der Waals surface area (Å²) in [7, 11) is 3.15. The molecule has 8 nitrogen and oxygen atoms in total. The van der Waals surface area contributed by atoms with Gasteiger partial charge in [-0.05, 0) is 24.6 Å². The number of methoxy groups -OCH3 is 2. The molecule has 0 unspecified atom stereocenters. The van der Waals surface area contributed by atoms with E-state index in [1.54, 1.807) is 43.6 Å². The minimum absolute atomic E-state index is 0.139. The van der Waals surface area contributed by atoms with Gasteiger partial charge in [0.25, 0.3) is 0 Å². The standard InChI is InChI=1S/C24H27N5O3/c1-17-6-4-5-7-19(17)20-15-23(26-16-25-20)28-10-12-29(13-11-28)24(30)27-18-8-9-21(31-2)22(14-18)32-3/h4-9,14-16H,10-13H2,1-3H3,(H,27,30). The van der Waals surface area contributed by atoms with Crippen LogP contribution >= 0.6 is 0 Å². The fourth-order valence-electron chi connectivity index (χ4n) is 3.78. The first-order valence-electron chi connectivity index (χ1n) is 10.5. The van der Waals surface area contributed by atoms with Crippen LogP contribution in [0.3, 0.4) is 0 Å². The van der Waals surface area contributed by atoms with Crippen LogP contribution in [-0.4, -0.2) is 61.3 Å². The minimum atomic E-state index is -0.139. The first-order valence-corrected chi connectivity index (χ1v) is 10.5. The first kappa shape index (κ1) is 21.4. The molecule has 0 atom stereocenters. The van der Waals surface area contributed by atoms with E-state index in [1.165, 1.54) is 5.56 Å². The van der Waals surface area contributed by atoms with Crippen molar-refractivity contribution in [2.75, 3.05) is 50.6 Å². The van der Waals surface area contributed by atoms with Crippen molar-refractivity contribution in [3.05, 3.63) is 60.4 Å². The molecule has 2 aromatic carbocycles. The van der Waals surface area contributed by atoms with Gasteiger partial charge in [0, 0.05) is 49.6 Å². The summed E-state index contributed by atoms with van der Waals surface area (Å²) in [5.41, 5.74) is 3.84. The van der Waals surface area contributed by atoms with Crippen molar-refractivity contribution in [3.63, 3.8) is 0 Å². The Hall–Kier alpha value is -3.81. The first-order chi connectivity index (χ1) is 15.6. The van der Waals surface area contributed by atoms with Gasteiger partial charge in [-0.1, -0.05) is 24.3 Å². The predicted molar refractivity (Wildman–Crippen MR) is 125 cm³/mol. The number of hydrogen-bond acceptors (Lipinski definition) is 6. The van der Waals surface area contributed by atoms with E-state index in [0.29, 0.717) is 43.4 Å². The van der Waals surface area contributed by atoms with E-state index < -0.39 is 0 Å². The summed E-state index contributed by atoms with van der Waals surface area (Å²) >= 11 is 0. The van der Waals surface area contributed by atoms with Gasteiger partial charge in [0.1, 0.15) is 12.1 Å². The SMILES string of the molecule is COc1ccc(NC(=O)N2CCN(c3cc(-c4ccccc4C)ncn3)CC2)cc1OC. The van der Waals surface area contributed by atoms with Crippen molar-refractivity contribution in [2.45, 2.75) is 6.92 Å². The van der Waals surface area contributed by atoms with Gasteiger partial charge in [0.2, 0.25) is 0 Å². The normalized spacial score (nSPS) is 13.6. The van der Waals surface area contributed by atoms with Crippen LogP contribution in [0.25, 0.3) is 11.3 Å². The van der Waals surface area contributed by atoms with Crippen LogP contribution in [0.1, 0.15) is 5.56 Å². The van der Waals surface area contributed by atoms with Crippen LogP contribution in [0, 0.1) is 6.92 Å². The number of carbonyl (C=O) groups excluding carboxylic acids is 1. The van der Waals surface area contributed by atoms with Crippen LogP contribution in [0.2, 0.25) is 0 Å². The number of carbonyl (C=O) groups is 1. The van der Waals surface area contributed by atoms with Crippen molar-refractivity contribution in [2.24, 2.45) is 0 Å². The van der Waals surface area contributed by atoms with Crippen molar-refractivity contribution in [3.8, 4) is 22.8 Å². The third-order valence-corrected chi connectivity index (χ3v) is 5.60. The molecule has 0 bridgehead atoms. The lowest BCUT2D eigenvalue weighted by atomic mass is 10.1. The molecule has 1 saturated heterocycles. The lowest BCUT2D eigenvalue weighted by Crippen LogP contribution is -2.50. The Morgan fingerprint density at radius 3 is 2.41 bits per heavy atom. The number of benzene rings is 2. The van der Waals surface area contributed by atoms with E-state index in [9.17, 15) is 4.79 Å². The molecule has 1 N–H and O–H groups in total. The molecule has 0 saturated carbocycles. The monoisotopic (exact) mass is 433 g/mol. The van der Waals surface area contributed by atoms with Gasteiger partial charge in [-0.3, -0.25) is 0 Å². The largest absolute Gasteiger partial charge is 0.493 e. The number of ether oxygens (including phenoxy) is 2. The van der Waals surface area contributed by atoms with E-state index in [-0.39, 0.29) is 6.03 Å². The van der Waals surface area contributed by atoms with E-state index in [1.807, 2.05) is 18.2 Å². The molecule has 0 aliphatic carbocycles. The van der Waals surface area contributed by atoms with Crippen molar-refractivity contribution in [1.29, 1.82) is 0 Å². The highest BCUT2D eigenvalue weighted by Gasteiger charge is 2.23. The molecule has 1 aliphatic rings. The molecule has 3 aromatic rings. The number of urea groups is 1. The number of aromatic nitrogens is 2. The molecular weight excluding hydrogens is 406 g/mol. The molecule has 0 radical (unpaired) electrons. The lowest BCUT2D eigenvalue weighted by molar-refractivity contribution is 0.208. The van der Waals surface area contributed by atoms with Gasteiger partial charge in [0.15, 0.2) is 11.5 Å². The summed E-state index contributed by atoms with van der Waals surface area (Å²) in [6, 6.07) is 15.4. The zero-order chi connectivity index (χ0) is 22.5. The number of amides is 2. The Kier molecular flexibility index (Phi) is 6.39. The Labute approximate surface area is 187 Å². The van der Waals surface area contributed by atoms with E-state index in [2.05, 4.69) is 39.2 Å². The molecule has 1 fully saturated rings. The second-order valence-corrected chi connectivity index (χ2v) is 7.55. The van der Waals surface area contributed by atoms with Crippen molar-refractivity contribution < 1.29 is 14.3 Å². The Morgan fingerprint density at radius 2 is 1.69 bits per heavy atom. The smallest absolute Gasteiger partial charge is 0.321 e. The molecule has 0 spiro atoms. The molecule has 32 heavy (non-hydrogen) atoms. The maximum atomic E-state index is 12.7. The predicted octanol–water partition coefficient (Wildman–Crippen LogP) is 3.82. The minimum Gasteiger partial charge on any atom is -0.493 e. The van der Waals surface area contributed by atoms with Crippen molar-refractivity contribution in [1.82, 2.24) is 14.9 Å². The molecule has 8 heteroatoms. The van der Waals surface area contributed by atoms with Crippen LogP contribution in [0.15, 0.2) is 54.9 Å². The highest BCUT2D eigenvalue weighted by molar-refractivity contribution is 5.90. The zero-order valence-corrected chi connectivity index (χ0v) is 18.5. The second-order valence-electron chi connectivity index (χ2n) is 7.55. The number of hydrogen-bond donors (Lipinski definition) is 1. The molecule has 166 valence electrons. The highest BCUT2D eigenvalue weighted by Crippen LogP contribution is 2.30. The topological polar surface area (TPSA) is 79.8 Å². The number of aryl methyl sites for hydroxylation is 1. The maximum Gasteiger partial charge on any atom is 0.321 e. The summed E-state index contributed by atoms with van der Waals surface area (Å²) in [5.74, 6) is 2.07. The Bertz CT molecular complexity index is 1100. The van der Waals surface area contributed by atoms with Gasteiger partial charge in [-0.15, -0.1) is 0 Å². The van der Waals surface area contributed by atoms with Gasteiger partial charge in [-0.2, -0.15) is 0 Å². The number of nitrogens with one attached hydrogen (secondary N) is 1. The van der Waals surface area contributed by atoms with Gasteiger partial charge >= 0.3 is 6.03 Å². The summed E-state index contributed by atoms with van der Waals surface area (Å²) in [4.78, 5) is 25.6. The van der Waals surface area contributed by atoms with E-state index in [4.69, 9.17) is 9.47 Å². The molecule has 1 aliphatic heterocycles. The summed E-state index contributed by atoms with van der Waals surface area (Å²) in [6.45, 7) is 4.67. The summed E-state index contributed by atoms with van der Waals surface area (Å²) in [5, 5.41) is 2.94. The second kappa shape index (κ2) is 9.55. The third-order valence-electron chi connectivity index (χ3n) is 5.60. The van der Waals surface area contributed by atoms with Gasteiger partial charge < -0.3 is 24.6 Å². The quantitative estimate of drug-likeness (QED) is 0.659. The van der Waals surface area contributed by atoms with Crippen LogP contribution in [-0.2, 0) is 0 Å². The zero-order valence-electron chi connectivity index (χ0n) is 18.5. The van der Waals surface area contributed by atoms with Crippen LogP contribution in [0.5, 0.6) is 11.5 Å². The number of piperazine rings is 1. The van der Waals surface area contributed by atoms with Crippen LogP contribution in [0.4, 0.5) is 16.3 Å². The van der Waals surface area contributed by atoms with Gasteiger partial charge in [-0.25, -0.2) is 14.8 Å². The lowest BCUT2D eigenvalue weighted by Gasteiger charge is -2.35. The molecular formula is C24H27N5O3. The fraction of sp³-hybridized carbons (Fsp3) is 0.292. The van der Waals surface area contributed by atoms with E-state index in [0.717, 1.165) is 17.1 Å². The van der Waals surface area contributed by atoms with Crippen molar-refractivity contribution >= 4 is 17.5 Å². The molecule has 1 aromatic heterocycles. The maximum absolute atomic E-state index is 12.7. The highest BCUT2D eigenvalue weighted by atomic mass is 16.5. The van der Waals surface area contributed by atoms with Gasteiger partial charge in [0.05, 0.1) is 19.9 Å². The fourth-order valence-corrected chi connectivity index (χ4v) is 3.78. The Balaban J connectivity index is 1.39. The van der Waals surface area contributed by atoms with Crippen LogP contribution < -0.4 is 19.7 Å². The molecule has 4 rings (SSSR count). The average Bonchev–Trinajstić information content (AvgIpc) is 2.84. The van der Waals surface area contributed by atoms with E-state index >= 15 is 0 Å². The average molecular weight is 434 g/mol. The Morgan fingerprint density at radius 1 is 0.938 bits per heavy atom. The third kappa shape index (κ3) is 4.59. The number of anilines is 2. The molecule has 2 heterocycles. The summed E-state index contributed by atoms with van der Waals surface area (Å²) in [6.07, 6.45) is 1.60. The number of nitrogens with zero attached hydrogens (tertiary/aromatic N) is 4. The summed E-state index contributed by atoms with van der Waals surface area (Å²) < 4.78 is 10.6. The number of rotatable bonds is 5. The molecule has 2 amide bonds.